The second-order valence-corrected chi connectivity index (χ2v) is 6.51. The average molecular weight is 363 g/mol. The van der Waals surface area contributed by atoms with E-state index in [-0.39, 0.29) is 23.2 Å². The Morgan fingerprint density at radius 3 is 2.41 bits per heavy atom. The lowest BCUT2D eigenvalue weighted by atomic mass is 9.98. The molecule has 0 saturated heterocycles. The minimum absolute atomic E-state index is 0.00566. The molecule has 2 rings (SSSR count). The summed E-state index contributed by atoms with van der Waals surface area (Å²) in [6.07, 6.45) is 1.37. The molecule has 0 bridgehead atoms. The fourth-order valence-electron chi connectivity index (χ4n) is 2.71. The van der Waals surface area contributed by atoms with E-state index in [1.807, 2.05) is 57.2 Å². The normalized spacial score (nSPS) is 12.3. The van der Waals surface area contributed by atoms with Crippen LogP contribution in [0.25, 0.3) is 6.08 Å². The Labute approximate surface area is 158 Å². The highest BCUT2D eigenvalue weighted by Crippen LogP contribution is 2.28. The van der Waals surface area contributed by atoms with Gasteiger partial charge in [0.25, 0.3) is 11.6 Å². The molecule has 2 aromatic carbocycles. The zero-order chi connectivity index (χ0) is 20.0. The zero-order valence-corrected chi connectivity index (χ0v) is 15.5. The molecule has 0 aliphatic rings. The lowest BCUT2D eigenvalue weighted by Gasteiger charge is -2.13. The smallest absolute Gasteiger partial charge is 0.273 e. The third-order valence-electron chi connectivity index (χ3n) is 4.20. The van der Waals surface area contributed by atoms with Crippen LogP contribution < -0.4 is 5.32 Å². The molecule has 0 radical (unpaired) electrons. The average Bonchev–Trinajstić information content (AvgIpc) is 2.66. The van der Waals surface area contributed by atoms with E-state index in [1.54, 1.807) is 12.1 Å². The predicted octanol–water partition coefficient (Wildman–Crippen LogP) is 4.50. The molecule has 0 aromatic heterocycles. The van der Waals surface area contributed by atoms with Crippen LogP contribution >= 0.6 is 0 Å². The predicted molar refractivity (Wildman–Crippen MR) is 104 cm³/mol. The van der Waals surface area contributed by atoms with Gasteiger partial charge in [0.1, 0.15) is 11.6 Å². The summed E-state index contributed by atoms with van der Waals surface area (Å²) >= 11 is 0. The Morgan fingerprint density at radius 1 is 1.19 bits per heavy atom. The molecule has 6 nitrogen and oxygen atoms in total. The molecule has 1 N–H and O–H groups in total. The highest BCUT2D eigenvalue weighted by atomic mass is 16.6. The fraction of sp³-hybridized carbons (Fsp3) is 0.238. The van der Waals surface area contributed by atoms with Gasteiger partial charge in [0, 0.05) is 11.6 Å². The topological polar surface area (TPSA) is 96.0 Å². The molecule has 6 heteroatoms. The van der Waals surface area contributed by atoms with Crippen molar-refractivity contribution < 1.29 is 9.72 Å². The minimum atomic E-state index is -0.524. The first-order valence-corrected chi connectivity index (χ1v) is 8.59. The van der Waals surface area contributed by atoms with Crippen LogP contribution in [0.4, 0.5) is 5.69 Å². The van der Waals surface area contributed by atoms with Crippen molar-refractivity contribution in [2.45, 2.75) is 32.7 Å². The van der Waals surface area contributed by atoms with E-state index < -0.39 is 10.8 Å². The Balaban J connectivity index is 2.27. The van der Waals surface area contributed by atoms with Crippen molar-refractivity contribution in [3.63, 3.8) is 0 Å². The van der Waals surface area contributed by atoms with E-state index in [9.17, 15) is 20.2 Å². The molecule has 1 amide bonds. The van der Waals surface area contributed by atoms with Crippen molar-refractivity contribution in [1.29, 1.82) is 5.26 Å². The number of nitro groups is 1. The molecule has 0 heterocycles. The van der Waals surface area contributed by atoms with E-state index in [0.29, 0.717) is 11.1 Å². The van der Waals surface area contributed by atoms with Crippen LogP contribution in [0.2, 0.25) is 0 Å². The molecule has 0 fully saturated rings. The van der Waals surface area contributed by atoms with Crippen LogP contribution in [-0.2, 0) is 4.79 Å². The van der Waals surface area contributed by atoms with Gasteiger partial charge in [-0.15, -0.1) is 0 Å². The van der Waals surface area contributed by atoms with Crippen molar-refractivity contribution >= 4 is 17.7 Å². The first-order chi connectivity index (χ1) is 12.8. The monoisotopic (exact) mass is 363 g/mol. The van der Waals surface area contributed by atoms with Gasteiger partial charge in [-0.2, -0.15) is 5.26 Å². The van der Waals surface area contributed by atoms with Crippen molar-refractivity contribution in [3.8, 4) is 6.07 Å². The molecule has 0 aliphatic carbocycles. The van der Waals surface area contributed by atoms with Gasteiger partial charge in [0.15, 0.2) is 0 Å². The Bertz CT molecular complexity index is 912. The van der Waals surface area contributed by atoms with Gasteiger partial charge < -0.3 is 5.32 Å². The van der Waals surface area contributed by atoms with E-state index in [1.165, 1.54) is 12.1 Å². The van der Waals surface area contributed by atoms with Gasteiger partial charge in [0.05, 0.1) is 11.0 Å². The number of hydrogen-bond donors (Lipinski definition) is 1. The first-order valence-electron chi connectivity index (χ1n) is 8.59. The molecule has 1 atom stereocenters. The molecular weight excluding hydrogens is 342 g/mol. The van der Waals surface area contributed by atoms with Gasteiger partial charge in [-0.1, -0.05) is 56.3 Å². The third kappa shape index (κ3) is 5.02. The molecule has 2 aromatic rings. The Morgan fingerprint density at radius 2 is 1.85 bits per heavy atom. The van der Waals surface area contributed by atoms with Gasteiger partial charge >= 0.3 is 0 Å². The van der Waals surface area contributed by atoms with Crippen molar-refractivity contribution in [2.24, 2.45) is 0 Å². The highest BCUT2D eigenvalue weighted by molar-refractivity contribution is 6.01. The first kappa shape index (κ1) is 19.9. The van der Waals surface area contributed by atoms with Crippen LogP contribution in [0.15, 0.2) is 54.1 Å². The van der Waals surface area contributed by atoms with E-state index in [4.69, 9.17) is 0 Å². The molecule has 0 spiro atoms. The number of carbonyl (C=O) groups excluding carboxylic acids is 1. The molecule has 27 heavy (non-hydrogen) atoms. The van der Waals surface area contributed by atoms with Gasteiger partial charge in [-0.25, -0.2) is 0 Å². The number of hydrogen-bond acceptors (Lipinski definition) is 4. The summed E-state index contributed by atoms with van der Waals surface area (Å²) in [5, 5.41) is 23.4. The minimum Gasteiger partial charge on any atom is -0.345 e. The Hall–Kier alpha value is -3.46. The van der Waals surface area contributed by atoms with Gasteiger partial charge in [-0.3, -0.25) is 14.9 Å². The lowest BCUT2D eigenvalue weighted by Crippen LogP contribution is -2.27. The van der Waals surface area contributed by atoms with Gasteiger partial charge in [0.2, 0.25) is 0 Å². The van der Waals surface area contributed by atoms with Crippen LogP contribution in [-0.4, -0.2) is 10.8 Å². The molecule has 1 unspecified atom stereocenters. The number of benzene rings is 2. The SMILES string of the molecule is CC(C)c1ccc(/C=C(\C#N)C(=O)NC(C)c2ccccc2)cc1[N+](=O)[O-]. The summed E-state index contributed by atoms with van der Waals surface area (Å²) in [6, 6.07) is 15.7. The maximum atomic E-state index is 12.4. The summed E-state index contributed by atoms with van der Waals surface area (Å²) in [4.78, 5) is 23.3. The standard InChI is InChI=1S/C21H21N3O3/c1-14(2)19-10-9-16(12-20(19)24(26)27)11-18(13-22)21(25)23-15(3)17-7-5-4-6-8-17/h4-12,14-15H,1-3H3,(H,23,25)/b18-11+. The van der Waals surface area contributed by atoms with E-state index in [0.717, 1.165) is 5.56 Å². The fourth-order valence-corrected chi connectivity index (χ4v) is 2.71. The number of nitrogens with zero attached hydrogens (tertiary/aromatic N) is 2. The maximum absolute atomic E-state index is 12.4. The van der Waals surface area contributed by atoms with E-state index in [2.05, 4.69) is 5.32 Å². The largest absolute Gasteiger partial charge is 0.345 e. The molecular formula is C21H21N3O3. The summed E-state index contributed by atoms with van der Waals surface area (Å²) in [6.45, 7) is 5.57. The third-order valence-corrected chi connectivity index (χ3v) is 4.20. The summed E-state index contributed by atoms with van der Waals surface area (Å²) < 4.78 is 0. The van der Waals surface area contributed by atoms with Crippen molar-refractivity contribution in [3.05, 3.63) is 80.9 Å². The van der Waals surface area contributed by atoms with Crippen molar-refractivity contribution in [1.82, 2.24) is 5.32 Å². The molecule has 138 valence electrons. The number of rotatable bonds is 6. The summed E-state index contributed by atoms with van der Waals surface area (Å²) in [5.41, 5.74) is 1.83. The zero-order valence-electron chi connectivity index (χ0n) is 15.5. The number of nitrogens with one attached hydrogen (secondary N) is 1. The van der Waals surface area contributed by atoms with Gasteiger partial charge in [-0.05, 0) is 30.0 Å². The van der Waals surface area contributed by atoms with Crippen LogP contribution in [0.3, 0.4) is 0 Å². The summed E-state index contributed by atoms with van der Waals surface area (Å²) in [7, 11) is 0. The number of nitriles is 1. The lowest BCUT2D eigenvalue weighted by molar-refractivity contribution is -0.385. The second-order valence-electron chi connectivity index (χ2n) is 6.51. The highest BCUT2D eigenvalue weighted by Gasteiger charge is 2.18. The number of carbonyl (C=O) groups is 1. The van der Waals surface area contributed by atoms with Crippen molar-refractivity contribution in [2.75, 3.05) is 0 Å². The molecule has 0 aliphatic heterocycles. The van der Waals surface area contributed by atoms with Crippen LogP contribution in [0.5, 0.6) is 0 Å². The second kappa shape index (κ2) is 8.77. The Kier molecular flexibility index (Phi) is 6.45. The molecule has 0 saturated carbocycles. The van der Waals surface area contributed by atoms with E-state index >= 15 is 0 Å². The maximum Gasteiger partial charge on any atom is 0.273 e. The van der Waals surface area contributed by atoms with Crippen LogP contribution in [0, 0.1) is 21.4 Å². The van der Waals surface area contributed by atoms with Crippen LogP contribution in [0.1, 0.15) is 49.4 Å². The summed E-state index contributed by atoms with van der Waals surface area (Å²) in [5.74, 6) is -0.529. The quantitative estimate of drug-likeness (QED) is 0.354. The number of nitro benzene ring substituents is 1. The number of amides is 1.